The summed E-state index contributed by atoms with van der Waals surface area (Å²) in [6.45, 7) is 0. The van der Waals surface area contributed by atoms with E-state index in [0.717, 1.165) is 22.3 Å². The van der Waals surface area contributed by atoms with Gasteiger partial charge in [-0.15, -0.1) is 0 Å². The maximum absolute atomic E-state index is 11.3. The lowest BCUT2D eigenvalue weighted by Gasteiger charge is -2.15. The Kier molecular flexibility index (Phi) is 6.87. The molecule has 5 aromatic rings. The number of carboxylic acids is 2. The van der Waals surface area contributed by atoms with E-state index >= 15 is 0 Å². The molecule has 0 aromatic heterocycles. The molecule has 186 valence electrons. The fourth-order valence-corrected chi connectivity index (χ4v) is 4.08. The number of hydrogen-bond acceptors (Lipinski definition) is 4. The van der Waals surface area contributed by atoms with Gasteiger partial charge in [-0.25, -0.2) is 9.59 Å². The highest BCUT2D eigenvalue weighted by Gasteiger charge is 2.12. The molecule has 0 fully saturated rings. The summed E-state index contributed by atoms with van der Waals surface area (Å²) >= 11 is 0. The van der Waals surface area contributed by atoms with E-state index in [9.17, 15) is 19.8 Å². The average Bonchev–Trinajstić information content (AvgIpc) is 2.94. The van der Waals surface area contributed by atoms with Gasteiger partial charge in [0.25, 0.3) is 0 Å². The summed E-state index contributed by atoms with van der Waals surface area (Å²) in [5, 5.41) is 18.6. The highest BCUT2D eigenvalue weighted by Crippen LogP contribution is 2.38. The lowest BCUT2D eigenvalue weighted by molar-refractivity contribution is 0.0686. The number of carboxylic acid groups (broad SMARTS) is 2. The summed E-state index contributed by atoms with van der Waals surface area (Å²) in [5.74, 6) is -0.0579. The molecule has 0 radical (unpaired) electrons. The van der Waals surface area contributed by atoms with E-state index in [2.05, 4.69) is 0 Å². The Morgan fingerprint density at radius 1 is 0.447 bits per heavy atom. The van der Waals surface area contributed by atoms with Crippen LogP contribution in [-0.2, 0) is 0 Å². The van der Waals surface area contributed by atoms with E-state index in [-0.39, 0.29) is 11.1 Å². The van der Waals surface area contributed by atoms with Gasteiger partial charge in [0.15, 0.2) is 0 Å². The van der Waals surface area contributed by atoms with E-state index < -0.39 is 11.9 Å². The topological polar surface area (TPSA) is 93.1 Å². The molecule has 38 heavy (non-hydrogen) atoms. The largest absolute Gasteiger partial charge is 0.478 e. The zero-order valence-electron chi connectivity index (χ0n) is 20.1. The zero-order valence-corrected chi connectivity index (χ0v) is 20.1. The van der Waals surface area contributed by atoms with Crippen LogP contribution in [0.3, 0.4) is 0 Å². The quantitative estimate of drug-likeness (QED) is 0.223. The molecule has 0 spiro atoms. The first-order valence-electron chi connectivity index (χ1n) is 11.8. The normalized spacial score (nSPS) is 10.5. The van der Waals surface area contributed by atoms with Crippen LogP contribution in [-0.4, -0.2) is 22.2 Å². The van der Waals surface area contributed by atoms with Crippen LogP contribution in [0.15, 0.2) is 121 Å². The van der Waals surface area contributed by atoms with Gasteiger partial charge in [0.1, 0.15) is 23.0 Å². The van der Waals surface area contributed by atoms with Crippen molar-refractivity contribution in [2.75, 3.05) is 0 Å². The Hall–Kier alpha value is -5.36. The summed E-state index contributed by atoms with van der Waals surface area (Å²) in [5.41, 5.74) is 4.03. The van der Waals surface area contributed by atoms with E-state index in [1.807, 2.05) is 72.8 Å². The SMILES string of the molecule is O=C(O)c1cccc(Oc2cccc(-c3ccc(Oc4cccc(C(=O)O)c4)cc3-c3ccccc3)c2)c1. The molecule has 0 atom stereocenters. The minimum absolute atomic E-state index is 0.146. The minimum Gasteiger partial charge on any atom is -0.478 e. The second-order valence-electron chi connectivity index (χ2n) is 8.47. The summed E-state index contributed by atoms with van der Waals surface area (Å²) in [4.78, 5) is 22.7. The van der Waals surface area contributed by atoms with Crippen LogP contribution < -0.4 is 9.47 Å². The van der Waals surface area contributed by atoms with Gasteiger partial charge in [-0.3, -0.25) is 0 Å². The number of benzene rings is 5. The van der Waals surface area contributed by atoms with Gasteiger partial charge in [-0.2, -0.15) is 0 Å². The second kappa shape index (κ2) is 10.7. The minimum atomic E-state index is -1.02. The molecule has 0 aliphatic rings. The predicted octanol–water partition coefficient (Wildman–Crippen LogP) is 8.00. The van der Waals surface area contributed by atoms with E-state index in [1.54, 1.807) is 24.3 Å². The van der Waals surface area contributed by atoms with Crippen LogP contribution in [0.4, 0.5) is 0 Å². The van der Waals surface area contributed by atoms with Crippen LogP contribution in [0, 0.1) is 0 Å². The monoisotopic (exact) mass is 502 g/mol. The molecule has 6 heteroatoms. The van der Waals surface area contributed by atoms with Crippen molar-refractivity contribution >= 4 is 11.9 Å². The average molecular weight is 503 g/mol. The Balaban J connectivity index is 1.51. The van der Waals surface area contributed by atoms with Gasteiger partial charge >= 0.3 is 11.9 Å². The summed E-state index contributed by atoms with van der Waals surface area (Å²) in [7, 11) is 0. The van der Waals surface area contributed by atoms with Crippen LogP contribution in [0.2, 0.25) is 0 Å². The fraction of sp³-hybridized carbons (Fsp3) is 0. The smallest absolute Gasteiger partial charge is 0.335 e. The van der Waals surface area contributed by atoms with Gasteiger partial charge < -0.3 is 19.7 Å². The molecule has 5 rings (SSSR count). The van der Waals surface area contributed by atoms with Gasteiger partial charge in [0, 0.05) is 0 Å². The van der Waals surface area contributed by atoms with Gasteiger partial charge in [-0.05, 0) is 82.9 Å². The molecule has 2 N–H and O–H groups in total. The first-order chi connectivity index (χ1) is 18.5. The third-order valence-electron chi connectivity index (χ3n) is 5.85. The molecule has 0 amide bonds. The molecule has 6 nitrogen and oxygen atoms in total. The van der Waals surface area contributed by atoms with E-state index in [4.69, 9.17) is 9.47 Å². The van der Waals surface area contributed by atoms with Crippen molar-refractivity contribution in [1.82, 2.24) is 0 Å². The second-order valence-corrected chi connectivity index (χ2v) is 8.47. The third-order valence-corrected chi connectivity index (χ3v) is 5.85. The standard InChI is InChI=1S/C32H22O6/c33-31(34)23-10-5-13-26(18-23)37-25-12-4-9-22(17-25)29-16-15-28(20-30(29)21-7-2-1-3-8-21)38-27-14-6-11-24(19-27)32(35)36/h1-20H,(H,33,34)(H,35,36). The predicted molar refractivity (Wildman–Crippen MR) is 144 cm³/mol. The maximum Gasteiger partial charge on any atom is 0.335 e. The Bertz CT molecular complexity index is 1620. The van der Waals surface area contributed by atoms with E-state index in [1.165, 1.54) is 24.3 Å². The molecular formula is C32H22O6. The molecular weight excluding hydrogens is 480 g/mol. The van der Waals surface area contributed by atoms with Crippen molar-refractivity contribution in [3.8, 4) is 45.3 Å². The van der Waals surface area contributed by atoms with Crippen molar-refractivity contribution in [2.45, 2.75) is 0 Å². The zero-order chi connectivity index (χ0) is 26.5. The summed E-state index contributed by atoms with van der Waals surface area (Å²) in [6.07, 6.45) is 0. The molecule has 0 heterocycles. The molecule has 0 aliphatic carbocycles. The molecule has 0 saturated carbocycles. The number of rotatable bonds is 8. The molecule has 0 aliphatic heterocycles. The van der Waals surface area contributed by atoms with Crippen molar-refractivity contribution in [2.24, 2.45) is 0 Å². The van der Waals surface area contributed by atoms with Crippen LogP contribution >= 0.6 is 0 Å². The number of hydrogen-bond donors (Lipinski definition) is 2. The van der Waals surface area contributed by atoms with Crippen molar-refractivity contribution in [1.29, 1.82) is 0 Å². The summed E-state index contributed by atoms with van der Waals surface area (Å²) in [6, 6.07) is 35.8. The first kappa shape index (κ1) is 24.3. The lowest BCUT2D eigenvalue weighted by atomic mass is 9.94. The highest BCUT2D eigenvalue weighted by molar-refractivity contribution is 5.89. The third kappa shape index (κ3) is 5.55. The first-order valence-corrected chi connectivity index (χ1v) is 11.8. The summed E-state index contributed by atoms with van der Waals surface area (Å²) < 4.78 is 12.0. The van der Waals surface area contributed by atoms with Crippen molar-refractivity contribution < 1.29 is 29.3 Å². The Labute approximate surface area is 219 Å². The molecule has 0 bridgehead atoms. The number of carbonyl (C=O) groups is 2. The van der Waals surface area contributed by atoms with Crippen LogP contribution in [0.1, 0.15) is 20.7 Å². The van der Waals surface area contributed by atoms with Gasteiger partial charge in [0.2, 0.25) is 0 Å². The Morgan fingerprint density at radius 2 is 0.947 bits per heavy atom. The van der Waals surface area contributed by atoms with Crippen molar-refractivity contribution in [3.63, 3.8) is 0 Å². The fourth-order valence-electron chi connectivity index (χ4n) is 4.08. The van der Waals surface area contributed by atoms with Crippen LogP contribution in [0.5, 0.6) is 23.0 Å². The van der Waals surface area contributed by atoms with Crippen LogP contribution in [0.25, 0.3) is 22.3 Å². The number of aromatic carboxylic acids is 2. The van der Waals surface area contributed by atoms with Gasteiger partial charge in [0.05, 0.1) is 11.1 Å². The molecule has 5 aromatic carbocycles. The van der Waals surface area contributed by atoms with Crippen molar-refractivity contribution in [3.05, 3.63) is 132 Å². The lowest BCUT2D eigenvalue weighted by Crippen LogP contribution is -1.96. The Morgan fingerprint density at radius 3 is 1.53 bits per heavy atom. The van der Waals surface area contributed by atoms with Gasteiger partial charge in [-0.1, -0.05) is 60.7 Å². The molecule has 0 saturated heterocycles. The number of ether oxygens (including phenoxy) is 2. The highest BCUT2D eigenvalue weighted by atomic mass is 16.5. The van der Waals surface area contributed by atoms with E-state index in [0.29, 0.717) is 23.0 Å². The molecule has 0 unspecified atom stereocenters. The maximum atomic E-state index is 11.3.